The number of carboxylic acids is 1. The zero-order valence-electron chi connectivity index (χ0n) is 7.11. The number of carboxylic acid groups (broad SMARTS) is 1. The molecule has 0 aliphatic heterocycles. The smallest absolute Gasteiger partial charge is 0.335 e. The molecule has 1 aromatic heterocycles. The first-order valence-electron chi connectivity index (χ1n) is 3.97. The maximum atomic E-state index is 10.7. The first-order chi connectivity index (χ1) is 6.72. The lowest BCUT2D eigenvalue weighted by molar-refractivity contribution is 0.0697. The lowest BCUT2D eigenvalue weighted by Gasteiger charge is -1.97. The number of hydrogen-bond donors (Lipinski definition) is 2. The summed E-state index contributed by atoms with van der Waals surface area (Å²) in [6, 6.07) is 6.60. The summed E-state index contributed by atoms with van der Waals surface area (Å²) in [7, 11) is 0. The zero-order valence-corrected chi connectivity index (χ0v) is 7.11. The van der Waals surface area contributed by atoms with Gasteiger partial charge < -0.3 is 10.1 Å². The van der Waals surface area contributed by atoms with Crippen molar-refractivity contribution in [3.8, 4) is 6.07 Å². The summed E-state index contributed by atoms with van der Waals surface area (Å²) >= 11 is 0. The summed E-state index contributed by atoms with van der Waals surface area (Å²) in [6.07, 6.45) is 1.68. The molecule has 0 bridgehead atoms. The minimum atomic E-state index is -1.03. The molecule has 14 heavy (non-hydrogen) atoms. The second kappa shape index (κ2) is 2.89. The lowest BCUT2D eigenvalue weighted by Crippen LogP contribution is -1.96. The third-order valence-electron chi connectivity index (χ3n) is 2.04. The number of fused-ring (bicyclic) bond motifs is 1. The maximum Gasteiger partial charge on any atom is 0.335 e. The van der Waals surface area contributed by atoms with Crippen molar-refractivity contribution in [2.24, 2.45) is 0 Å². The predicted molar refractivity (Wildman–Crippen MR) is 50.0 cm³/mol. The van der Waals surface area contributed by atoms with Gasteiger partial charge >= 0.3 is 5.97 Å². The van der Waals surface area contributed by atoms with Gasteiger partial charge in [0.15, 0.2) is 0 Å². The van der Waals surface area contributed by atoms with Gasteiger partial charge in [-0.3, -0.25) is 0 Å². The average Bonchev–Trinajstić information content (AvgIpc) is 2.63. The van der Waals surface area contributed by atoms with Gasteiger partial charge in [0.1, 0.15) is 0 Å². The first kappa shape index (κ1) is 8.32. The van der Waals surface area contributed by atoms with E-state index in [1.807, 2.05) is 6.07 Å². The number of nitrogens with one attached hydrogen (secondary N) is 1. The fourth-order valence-electron chi connectivity index (χ4n) is 1.38. The van der Waals surface area contributed by atoms with E-state index in [2.05, 4.69) is 4.98 Å². The van der Waals surface area contributed by atoms with Gasteiger partial charge in [0.2, 0.25) is 0 Å². The van der Waals surface area contributed by atoms with E-state index >= 15 is 0 Å². The van der Waals surface area contributed by atoms with Gasteiger partial charge in [0.05, 0.1) is 17.2 Å². The molecule has 2 N–H and O–H groups in total. The largest absolute Gasteiger partial charge is 0.478 e. The number of rotatable bonds is 1. The summed E-state index contributed by atoms with van der Waals surface area (Å²) in [4.78, 5) is 13.6. The van der Waals surface area contributed by atoms with Gasteiger partial charge in [0.25, 0.3) is 0 Å². The third-order valence-corrected chi connectivity index (χ3v) is 2.04. The molecule has 0 unspecified atom stereocenters. The molecule has 0 spiro atoms. The van der Waals surface area contributed by atoms with Gasteiger partial charge in [-0.25, -0.2) is 4.79 Å². The highest BCUT2D eigenvalue weighted by atomic mass is 16.4. The van der Waals surface area contributed by atoms with Gasteiger partial charge in [-0.15, -0.1) is 0 Å². The van der Waals surface area contributed by atoms with E-state index in [-0.39, 0.29) is 5.56 Å². The molecule has 0 saturated heterocycles. The van der Waals surface area contributed by atoms with Crippen LogP contribution in [-0.2, 0) is 0 Å². The van der Waals surface area contributed by atoms with E-state index in [0.717, 1.165) is 5.39 Å². The van der Waals surface area contributed by atoms with Crippen LogP contribution >= 0.6 is 0 Å². The van der Waals surface area contributed by atoms with Crippen LogP contribution in [0, 0.1) is 11.3 Å². The van der Waals surface area contributed by atoms with Gasteiger partial charge in [-0.05, 0) is 18.2 Å². The molecule has 0 radical (unpaired) electrons. The summed E-state index contributed by atoms with van der Waals surface area (Å²) in [6.45, 7) is 0. The third kappa shape index (κ3) is 1.12. The van der Waals surface area contributed by atoms with Crippen molar-refractivity contribution in [3.05, 3.63) is 35.5 Å². The zero-order chi connectivity index (χ0) is 10.1. The van der Waals surface area contributed by atoms with Crippen molar-refractivity contribution in [2.75, 3.05) is 0 Å². The van der Waals surface area contributed by atoms with Crippen LogP contribution in [0.15, 0.2) is 24.4 Å². The molecule has 1 heterocycles. The van der Waals surface area contributed by atoms with Crippen molar-refractivity contribution in [1.29, 1.82) is 5.26 Å². The minimum absolute atomic E-state index is 0.122. The molecule has 0 fully saturated rings. The molecule has 0 aliphatic carbocycles. The van der Waals surface area contributed by atoms with Crippen LogP contribution in [-0.4, -0.2) is 16.1 Å². The van der Waals surface area contributed by atoms with E-state index in [0.29, 0.717) is 11.1 Å². The Labute approximate surface area is 79.4 Å². The molecule has 4 nitrogen and oxygen atoms in total. The van der Waals surface area contributed by atoms with Crippen LogP contribution in [0.1, 0.15) is 15.9 Å². The average molecular weight is 186 g/mol. The fraction of sp³-hybridized carbons (Fsp3) is 0. The van der Waals surface area contributed by atoms with Gasteiger partial charge in [0, 0.05) is 17.1 Å². The molecule has 0 atom stereocenters. The predicted octanol–water partition coefficient (Wildman–Crippen LogP) is 1.74. The number of nitriles is 1. The van der Waals surface area contributed by atoms with Gasteiger partial charge in [-0.1, -0.05) is 0 Å². The maximum absolute atomic E-state index is 10.7. The molecular formula is C10H6N2O2. The Kier molecular flexibility index (Phi) is 1.72. The standard InChI is InChI=1S/C10H6N2O2/c11-5-7-3-6(10(13)14)4-9-8(7)1-2-12-9/h1-4,12H,(H,13,14). The topological polar surface area (TPSA) is 76.9 Å². The highest BCUT2D eigenvalue weighted by Gasteiger charge is 2.08. The SMILES string of the molecule is N#Cc1cc(C(=O)O)cc2[nH]ccc12. The monoisotopic (exact) mass is 186 g/mol. The van der Waals surface area contributed by atoms with E-state index < -0.39 is 5.97 Å². The van der Waals surface area contributed by atoms with Crippen LogP contribution in [0.25, 0.3) is 10.9 Å². The molecule has 4 heteroatoms. The fourth-order valence-corrected chi connectivity index (χ4v) is 1.38. The number of aromatic carboxylic acids is 1. The van der Waals surface area contributed by atoms with Crippen LogP contribution in [0.3, 0.4) is 0 Å². The summed E-state index contributed by atoms with van der Waals surface area (Å²) < 4.78 is 0. The summed E-state index contributed by atoms with van der Waals surface area (Å²) in [5.41, 5.74) is 1.17. The Morgan fingerprint density at radius 3 is 2.93 bits per heavy atom. The van der Waals surface area contributed by atoms with Crippen molar-refractivity contribution >= 4 is 16.9 Å². The molecule has 2 rings (SSSR count). The lowest BCUT2D eigenvalue weighted by atomic mass is 10.1. The Balaban J connectivity index is 2.82. The number of aromatic amines is 1. The Morgan fingerprint density at radius 1 is 1.50 bits per heavy atom. The molecule has 2 aromatic rings. The Morgan fingerprint density at radius 2 is 2.29 bits per heavy atom. The minimum Gasteiger partial charge on any atom is -0.478 e. The quantitative estimate of drug-likeness (QED) is 0.712. The van der Waals surface area contributed by atoms with Crippen molar-refractivity contribution in [2.45, 2.75) is 0 Å². The molecule has 0 aliphatic rings. The molecular weight excluding hydrogens is 180 g/mol. The Bertz CT molecular complexity index is 549. The molecule has 0 amide bonds. The number of H-pyrrole nitrogens is 1. The van der Waals surface area contributed by atoms with Crippen LogP contribution in [0.4, 0.5) is 0 Å². The normalized spacial score (nSPS) is 9.93. The van der Waals surface area contributed by atoms with E-state index in [9.17, 15) is 4.79 Å². The van der Waals surface area contributed by atoms with E-state index in [1.54, 1.807) is 12.3 Å². The summed E-state index contributed by atoms with van der Waals surface area (Å²) in [5.74, 6) is -1.03. The molecule has 0 saturated carbocycles. The van der Waals surface area contributed by atoms with Crippen LogP contribution in [0.2, 0.25) is 0 Å². The van der Waals surface area contributed by atoms with Crippen LogP contribution in [0.5, 0.6) is 0 Å². The highest BCUT2D eigenvalue weighted by Crippen LogP contribution is 2.19. The molecule has 1 aromatic carbocycles. The second-order valence-corrected chi connectivity index (χ2v) is 2.88. The summed E-state index contributed by atoms with van der Waals surface area (Å²) in [5, 5.41) is 18.3. The number of hydrogen-bond acceptors (Lipinski definition) is 2. The van der Waals surface area contributed by atoms with Crippen molar-refractivity contribution in [1.82, 2.24) is 4.98 Å². The number of nitrogens with zero attached hydrogens (tertiary/aromatic N) is 1. The van der Waals surface area contributed by atoms with E-state index in [4.69, 9.17) is 10.4 Å². The number of carbonyl (C=O) groups is 1. The van der Waals surface area contributed by atoms with Crippen molar-refractivity contribution < 1.29 is 9.90 Å². The Hall–Kier alpha value is -2.28. The van der Waals surface area contributed by atoms with Crippen molar-refractivity contribution in [3.63, 3.8) is 0 Å². The molecule has 68 valence electrons. The first-order valence-corrected chi connectivity index (χ1v) is 3.97. The van der Waals surface area contributed by atoms with Crippen LogP contribution < -0.4 is 0 Å². The second-order valence-electron chi connectivity index (χ2n) is 2.88. The van der Waals surface area contributed by atoms with Gasteiger partial charge in [-0.2, -0.15) is 5.26 Å². The number of aromatic nitrogens is 1. The highest BCUT2D eigenvalue weighted by molar-refractivity contribution is 5.95. The van der Waals surface area contributed by atoms with E-state index in [1.165, 1.54) is 12.1 Å². The number of benzene rings is 1.